The van der Waals surface area contributed by atoms with Gasteiger partial charge in [-0.2, -0.15) is 0 Å². The van der Waals surface area contributed by atoms with E-state index in [2.05, 4.69) is 36.7 Å². The lowest BCUT2D eigenvalue weighted by Gasteiger charge is -2.06. The summed E-state index contributed by atoms with van der Waals surface area (Å²) < 4.78 is 0.880. The van der Waals surface area contributed by atoms with Crippen molar-refractivity contribution in [2.45, 2.75) is 12.1 Å². The molecule has 0 radical (unpaired) electrons. The number of hydrogen-bond acceptors (Lipinski definition) is 4. The van der Waals surface area contributed by atoms with Gasteiger partial charge in [0.1, 0.15) is 0 Å². The Labute approximate surface area is 156 Å². The molecular formula is C17H15BrN4O2S. The van der Waals surface area contributed by atoms with Crippen molar-refractivity contribution in [1.29, 1.82) is 0 Å². The zero-order valence-corrected chi connectivity index (χ0v) is 15.7. The molecule has 0 saturated heterocycles. The van der Waals surface area contributed by atoms with Crippen molar-refractivity contribution in [3.8, 4) is 0 Å². The van der Waals surface area contributed by atoms with Crippen LogP contribution in [0.15, 0.2) is 52.1 Å². The zero-order chi connectivity index (χ0) is 17.8. The number of imidazole rings is 1. The van der Waals surface area contributed by atoms with Crippen molar-refractivity contribution < 1.29 is 9.59 Å². The molecule has 2 aromatic carbocycles. The Hall–Kier alpha value is -2.32. The Morgan fingerprint density at radius 3 is 2.68 bits per heavy atom. The quantitative estimate of drug-likeness (QED) is 0.448. The van der Waals surface area contributed by atoms with E-state index in [0.717, 1.165) is 21.1 Å². The van der Waals surface area contributed by atoms with E-state index in [-0.39, 0.29) is 17.6 Å². The molecule has 0 saturated carbocycles. The van der Waals surface area contributed by atoms with E-state index < -0.39 is 0 Å². The first-order chi connectivity index (χ1) is 12.0. The van der Waals surface area contributed by atoms with E-state index in [4.69, 9.17) is 0 Å². The smallest absolute Gasteiger partial charge is 0.269 e. The fourth-order valence-electron chi connectivity index (χ4n) is 2.14. The maximum atomic E-state index is 11.9. The first-order valence-electron chi connectivity index (χ1n) is 7.45. The Bertz CT molecular complexity index is 924. The topological polar surface area (TPSA) is 86.9 Å². The average Bonchev–Trinajstić information content (AvgIpc) is 3.00. The molecule has 0 atom stereocenters. The zero-order valence-electron chi connectivity index (χ0n) is 13.3. The monoisotopic (exact) mass is 418 g/mol. The number of aromatic nitrogens is 2. The van der Waals surface area contributed by atoms with E-state index in [1.807, 2.05) is 25.1 Å². The van der Waals surface area contributed by atoms with Crippen molar-refractivity contribution in [3.63, 3.8) is 0 Å². The third-order valence-electron chi connectivity index (χ3n) is 3.38. The number of carbonyl (C=O) groups is 2. The van der Waals surface area contributed by atoms with Gasteiger partial charge in [-0.05, 0) is 48.9 Å². The Morgan fingerprint density at radius 2 is 1.92 bits per heavy atom. The Kier molecular flexibility index (Phi) is 5.40. The molecule has 0 spiro atoms. The molecular weight excluding hydrogens is 404 g/mol. The summed E-state index contributed by atoms with van der Waals surface area (Å²) in [6.45, 7) is 2.01. The molecule has 8 heteroatoms. The molecule has 0 unspecified atom stereocenters. The van der Waals surface area contributed by atoms with Crippen LogP contribution >= 0.6 is 27.7 Å². The molecule has 0 aliphatic heterocycles. The molecule has 1 aromatic heterocycles. The van der Waals surface area contributed by atoms with Gasteiger partial charge >= 0.3 is 0 Å². The maximum absolute atomic E-state index is 11.9. The molecule has 0 aliphatic rings. The predicted molar refractivity (Wildman–Crippen MR) is 101 cm³/mol. The number of carbonyl (C=O) groups excluding carboxylic acids is 2. The number of amides is 2. The van der Waals surface area contributed by atoms with Gasteiger partial charge in [0, 0.05) is 10.0 Å². The highest BCUT2D eigenvalue weighted by Crippen LogP contribution is 2.20. The molecule has 3 N–H and O–H groups in total. The largest absolute Gasteiger partial charge is 0.333 e. The number of benzene rings is 2. The molecule has 0 bridgehead atoms. The van der Waals surface area contributed by atoms with Crippen LogP contribution < -0.4 is 10.9 Å². The number of aryl methyl sites for hydroxylation is 1. The molecule has 0 fully saturated rings. The summed E-state index contributed by atoms with van der Waals surface area (Å²) in [7, 11) is 0. The SMILES string of the molecule is Cc1ccc2nc(SCC(=O)NNC(=O)c3ccc(Br)cc3)[nH]c2c1. The molecule has 25 heavy (non-hydrogen) atoms. The van der Waals surface area contributed by atoms with Gasteiger partial charge < -0.3 is 4.98 Å². The summed E-state index contributed by atoms with van der Waals surface area (Å²) in [5.41, 5.74) is 8.18. The lowest BCUT2D eigenvalue weighted by Crippen LogP contribution is -2.42. The van der Waals surface area contributed by atoms with Crippen LogP contribution in [0.2, 0.25) is 0 Å². The van der Waals surface area contributed by atoms with Gasteiger partial charge in [-0.1, -0.05) is 33.8 Å². The van der Waals surface area contributed by atoms with Crippen LogP contribution in [0.3, 0.4) is 0 Å². The minimum Gasteiger partial charge on any atom is -0.333 e. The van der Waals surface area contributed by atoms with Crippen molar-refractivity contribution in [1.82, 2.24) is 20.8 Å². The lowest BCUT2D eigenvalue weighted by molar-refractivity contribution is -0.119. The average molecular weight is 419 g/mol. The number of aromatic amines is 1. The van der Waals surface area contributed by atoms with Crippen LogP contribution in [0, 0.1) is 6.92 Å². The number of fused-ring (bicyclic) bond motifs is 1. The number of thioether (sulfide) groups is 1. The van der Waals surface area contributed by atoms with Crippen LogP contribution in [0.4, 0.5) is 0 Å². The third kappa shape index (κ3) is 4.61. The molecule has 1 heterocycles. The van der Waals surface area contributed by atoms with Crippen molar-refractivity contribution >= 4 is 50.5 Å². The highest BCUT2D eigenvalue weighted by Gasteiger charge is 2.09. The minimum atomic E-state index is -0.370. The van der Waals surface area contributed by atoms with E-state index >= 15 is 0 Å². The van der Waals surface area contributed by atoms with Crippen LogP contribution in [0.5, 0.6) is 0 Å². The second-order valence-electron chi connectivity index (χ2n) is 5.36. The Morgan fingerprint density at radius 1 is 1.16 bits per heavy atom. The van der Waals surface area contributed by atoms with Crippen LogP contribution in [0.25, 0.3) is 11.0 Å². The molecule has 3 rings (SSSR count). The van der Waals surface area contributed by atoms with Crippen molar-refractivity contribution in [2.75, 3.05) is 5.75 Å². The molecule has 3 aromatic rings. The van der Waals surface area contributed by atoms with E-state index in [1.165, 1.54) is 11.8 Å². The Balaban J connectivity index is 1.50. The van der Waals surface area contributed by atoms with Gasteiger partial charge in [0.25, 0.3) is 5.91 Å². The highest BCUT2D eigenvalue weighted by atomic mass is 79.9. The van der Waals surface area contributed by atoms with Crippen LogP contribution in [-0.4, -0.2) is 27.5 Å². The second kappa shape index (κ2) is 7.71. The lowest BCUT2D eigenvalue weighted by atomic mass is 10.2. The number of rotatable bonds is 4. The van der Waals surface area contributed by atoms with E-state index in [9.17, 15) is 9.59 Å². The van der Waals surface area contributed by atoms with E-state index in [0.29, 0.717) is 10.7 Å². The standard InChI is InChI=1S/C17H15BrN4O2S/c1-10-2-7-13-14(8-10)20-17(19-13)25-9-15(23)21-22-16(24)11-3-5-12(18)6-4-11/h2-8H,9H2,1H3,(H,19,20)(H,21,23)(H,22,24). The summed E-state index contributed by atoms with van der Waals surface area (Å²) in [6, 6.07) is 12.8. The van der Waals surface area contributed by atoms with Crippen LogP contribution in [-0.2, 0) is 4.79 Å². The fourth-order valence-corrected chi connectivity index (χ4v) is 3.09. The number of hydrazine groups is 1. The van der Waals surface area contributed by atoms with Gasteiger partial charge in [0.05, 0.1) is 16.8 Å². The predicted octanol–water partition coefficient (Wildman–Crippen LogP) is 3.19. The molecule has 2 amide bonds. The minimum absolute atomic E-state index is 0.138. The first-order valence-corrected chi connectivity index (χ1v) is 9.23. The summed E-state index contributed by atoms with van der Waals surface area (Å²) in [5.74, 6) is -0.545. The van der Waals surface area contributed by atoms with E-state index in [1.54, 1.807) is 24.3 Å². The van der Waals surface area contributed by atoms with Gasteiger partial charge in [0.15, 0.2) is 5.16 Å². The molecule has 0 aliphatic carbocycles. The van der Waals surface area contributed by atoms with Crippen molar-refractivity contribution in [2.24, 2.45) is 0 Å². The van der Waals surface area contributed by atoms with Gasteiger partial charge in [-0.15, -0.1) is 0 Å². The number of halogens is 1. The fraction of sp³-hybridized carbons (Fsp3) is 0.118. The number of nitrogens with one attached hydrogen (secondary N) is 3. The number of H-pyrrole nitrogens is 1. The highest BCUT2D eigenvalue weighted by molar-refractivity contribution is 9.10. The normalized spacial score (nSPS) is 10.6. The van der Waals surface area contributed by atoms with Gasteiger partial charge in [-0.25, -0.2) is 4.98 Å². The van der Waals surface area contributed by atoms with Crippen molar-refractivity contribution in [3.05, 3.63) is 58.1 Å². The third-order valence-corrected chi connectivity index (χ3v) is 4.78. The summed E-state index contributed by atoms with van der Waals surface area (Å²) in [6.07, 6.45) is 0. The first kappa shape index (κ1) is 17.5. The molecule has 128 valence electrons. The summed E-state index contributed by atoms with van der Waals surface area (Å²) in [5, 5.41) is 0.662. The molecule has 6 nitrogen and oxygen atoms in total. The number of nitrogens with zero attached hydrogens (tertiary/aromatic N) is 1. The summed E-state index contributed by atoms with van der Waals surface area (Å²) in [4.78, 5) is 31.4. The number of hydrogen-bond donors (Lipinski definition) is 3. The summed E-state index contributed by atoms with van der Waals surface area (Å²) >= 11 is 4.58. The van der Waals surface area contributed by atoms with Gasteiger partial charge in [0.2, 0.25) is 5.91 Å². The van der Waals surface area contributed by atoms with Crippen LogP contribution in [0.1, 0.15) is 15.9 Å². The second-order valence-corrected chi connectivity index (χ2v) is 7.24. The maximum Gasteiger partial charge on any atom is 0.269 e. The van der Waals surface area contributed by atoms with Gasteiger partial charge in [-0.3, -0.25) is 20.4 Å².